The first kappa shape index (κ1) is 20.7. The Labute approximate surface area is 133 Å². The van der Waals surface area contributed by atoms with Crippen LogP contribution in [0.25, 0.3) is 0 Å². The van der Waals surface area contributed by atoms with E-state index in [1.165, 1.54) is 36.5 Å². The van der Waals surface area contributed by atoms with Gasteiger partial charge < -0.3 is 0 Å². The molecule has 0 aromatic rings. The molecule has 0 aromatic carbocycles. The minimum atomic E-state index is -1.18. The number of methoxy groups -OCH3 is 1. The quantitative estimate of drug-likeness (QED) is 0.293. The van der Waals surface area contributed by atoms with Gasteiger partial charge >= 0.3 is 133 Å². The van der Waals surface area contributed by atoms with Gasteiger partial charge in [0.1, 0.15) is 0 Å². The molecule has 0 amide bonds. The molecular formula is C16H36O3Sn. The van der Waals surface area contributed by atoms with E-state index in [1.807, 2.05) is 0 Å². The van der Waals surface area contributed by atoms with Gasteiger partial charge in [-0.1, -0.05) is 0 Å². The topological polar surface area (TPSA) is 27.7 Å². The summed E-state index contributed by atoms with van der Waals surface area (Å²) in [6.07, 6.45) is 6.97. The molecule has 0 heterocycles. The van der Waals surface area contributed by atoms with Crippen LogP contribution in [0.2, 0.25) is 13.3 Å². The van der Waals surface area contributed by atoms with Gasteiger partial charge in [0.15, 0.2) is 0 Å². The van der Waals surface area contributed by atoms with E-state index >= 15 is 0 Å². The zero-order valence-electron chi connectivity index (χ0n) is 14.0. The second-order valence-electron chi connectivity index (χ2n) is 5.51. The van der Waals surface area contributed by atoms with Crippen LogP contribution in [0.5, 0.6) is 0 Å². The number of hydrogen-bond donors (Lipinski definition) is 0. The fourth-order valence-corrected chi connectivity index (χ4v) is 12.6. The van der Waals surface area contributed by atoms with Crippen LogP contribution in [0.15, 0.2) is 0 Å². The standard InChI is InChI=1S/C8H17O3.2C4H9.Sn.H/c1-3-4-10-7-8-11-6-5-9-2;2*1-3-4-2;;/h1,3-8H2,2H3;2*1,3-4H2,2H3;;. The van der Waals surface area contributed by atoms with Crippen LogP contribution in [0.1, 0.15) is 46.0 Å². The van der Waals surface area contributed by atoms with Crippen LogP contribution in [-0.4, -0.2) is 59.9 Å². The van der Waals surface area contributed by atoms with E-state index < -0.39 is 19.8 Å². The van der Waals surface area contributed by atoms with Crippen molar-refractivity contribution < 1.29 is 14.2 Å². The maximum atomic E-state index is 5.64. The van der Waals surface area contributed by atoms with Gasteiger partial charge in [0, 0.05) is 0 Å². The summed E-state index contributed by atoms with van der Waals surface area (Å²) < 4.78 is 20.7. The van der Waals surface area contributed by atoms with Crippen LogP contribution < -0.4 is 0 Å². The molecule has 0 atom stereocenters. The van der Waals surface area contributed by atoms with E-state index in [4.69, 9.17) is 14.2 Å². The molecule has 0 aliphatic heterocycles. The molecule has 0 saturated heterocycles. The van der Waals surface area contributed by atoms with Crippen LogP contribution in [0, 0.1) is 0 Å². The Morgan fingerprint density at radius 2 is 1.15 bits per heavy atom. The fourth-order valence-electron chi connectivity index (χ4n) is 2.36. The molecule has 122 valence electrons. The summed E-state index contributed by atoms with van der Waals surface area (Å²) in [7, 11) is 1.69. The number of hydrogen-bond acceptors (Lipinski definition) is 3. The zero-order chi connectivity index (χ0) is 14.9. The first-order chi connectivity index (χ1) is 9.85. The van der Waals surface area contributed by atoms with E-state index in [1.54, 1.807) is 16.0 Å². The van der Waals surface area contributed by atoms with E-state index in [9.17, 15) is 0 Å². The molecule has 0 fully saturated rings. The Hall–Kier alpha value is 0.679. The van der Waals surface area contributed by atoms with Crippen molar-refractivity contribution in [3.05, 3.63) is 0 Å². The molecule has 0 aromatic heterocycles. The van der Waals surface area contributed by atoms with Crippen molar-refractivity contribution in [2.45, 2.75) is 59.3 Å². The Balaban J connectivity index is 3.38. The van der Waals surface area contributed by atoms with Crippen LogP contribution >= 0.6 is 0 Å². The van der Waals surface area contributed by atoms with E-state index in [-0.39, 0.29) is 0 Å². The molecule has 0 unspecified atom stereocenters. The Morgan fingerprint density at radius 1 is 0.650 bits per heavy atom. The molecule has 20 heavy (non-hydrogen) atoms. The molecule has 0 aliphatic rings. The fraction of sp³-hybridized carbons (Fsp3) is 1.00. The first-order valence-corrected chi connectivity index (χ1v) is 15.5. The Morgan fingerprint density at radius 3 is 1.70 bits per heavy atom. The summed E-state index contributed by atoms with van der Waals surface area (Å²) in [4.78, 5) is 0. The summed E-state index contributed by atoms with van der Waals surface area (Å²) in [5.41, 5.74) is 0. The predicted molar refractivity (Wildman–Crippen MR) is 89.5 cm³/mol. The number of unbranched alkanes of at least 4 members (excludes halogenated alkanes) is 2. The third-order valence-electron chi connectivity index (χ3n) is 3.64. The van der Waals surface area contributed by atoms with Crippen molar-refractivity contribution in [3.63, 3.8) is 0 Å². The van der Waals surface area contributed by atoms with E-state index in [0.717, 1.165) is 13.2 Å². The predicted octanol–water partition coefficient (Wildman–Crippen LogP) is 3.88. The molecule has 0 radical (unpaired) electrons. The minimum absolute atomic E-state index is 0.672. The van der Waals surface area contributed by atoms with E-state index in [2.05, 4.69) is 13.8 Å². The van der Waals surface area contributed by atoms with Gasteiger partial charge in [0.25, 0.3) is 0 Å². The van der Waals surface area contributed by atoms with Crippen LogP contribution in [0.3, 0.4) is 0 Å². The summed E-state index contributed by atoms with van der Waals surface area (Å²) in [6.45, 7) is 8.33. The monoisotopic (exact) mass is 396 g/mol. The van der Waals surface area contributed by atoms with Crippen molar-refractivity contribution in [1.29, 1.82) is 0 Å². The SMILES string of the molecule is CCC[CH2][SnH]([CH2]CCC)[CH2]CCOCCOCCOC. The van der Waals surface area contributed by atoms with Crippen molar-refractivity contribution in [3.8, 4) is 0 Å². The third-order valence-corrected chi connectivity index (χ3v) is 14.1. The number of ether oxygens (including phenoxy) is 3. The molecule has 0 rings (SSSR count). The normalized spacial score (nSPS) is 11.4. The molecule has 0 aliphatic carbocycles. The molecule has 0 spiro atoms. The average Bonchev–Trinajstić information content (AvgIpc) is 2.47. The van der Waals surface area contributed by atoms with Crippen LogP contribution in [0.4, 0.5) is 0 Å². The van der Waals surface area contributed by atoms with Crippen molar-refractivity contribution in [1.82, 2.24) is 0 Å². The third kappa shape index (κ3) is 15.1. The van der Waals surface area contributed by atoms with Gasteiger partial charge in [-0.25, -0.2) is 0 Å². The molecule has 0 N–H and O–H groups in total. The molecule has 4 heteroatoms. The van der Waals surface area contributed by atoms with Crippen molar-refractivity contribution in [2.75, 3.05) is 40.1 Å². The summed E-state index contributed by atoms with van der Waals surface area (Å²) in [5, 5.41) is 0. The van der Waals surface area contributed by atoms with Gasteiger partial charge in [-0.2, -0.15) is 0 Å². The Kier molecular flexibility index (Phi) is 18.3. The molecule has 0 saturated carbocycles. The summed E-state index contributed by atoms with van der Waals surface area (Å²) in [5.74, 6) is 0. The molecule has 3 nitrogen and oxygen atoms in total. The van der Waals surface area contributed by atoms with Gasteiger partial charge in [0.2, 0.25) is 0 Å². The van der Waals surface area contributed by atoms with Gasteiger partial charge in [-0.3, -0.25) is 0 Å². The maximum absolute atomic E-state index is 5.64. The van der Waals surface area contributed by atoms with Gasteiger partial charge in [-0.05, 0) is 0 Å². The van der Waals surface area contributed by atoms with Crippen LogP contribution in [-0.2, 0) is 14.2 Å². The molecular weight excluding hydrogens is 359 g/mol. The first-order valence-electron chi connectivity index (χ1n) is 8.49. The zero-order valence-corrected chi connectivity index (χ0v) is 17.3. The second kappa shape index (κ2) is 17.7. The second-order valence-corrected chi connectivity index (χ2v) is 15.4. The van der Waals surface area contributed by atoms with Crippen molar-refractivity contribution >= 4 is 19.8 Å². The average molecular weight is 395 g/mol. The summed E-state index contributed by atoms with van der Waals surface area (Å²) in [6, 6.07) is 0. The van der Waals surface area contributed by atoms with Gasteiger partial charge in [0.05, 0.1) is 0 Å². The van der Waals surface area contributed by atoms with Crippen molar-refractivity contribution in [2.24, 2.45) is 0 Å². The number of rotatable bonds is 16. The molecule has 0 bridgehead atoms. The van der Waals surface area contributed by atoms with E-state index in [0.29, 0.717) is 19.8 Å². The van der Waals surface area contributed by atoms with Gasteiger partial charge in [-0.15, -0.1) is 0 Å². The Bertz CT molecular complexity index is 171. The summed E-state index contributed by atoms with van der Waals surface area (Å²) >= 11 is -1.18.